The van der Waals surface area contributed by atoms with Gasteiger partial charge in [-0.1, -0.05) is 13.3 Å². The van der Waals surface area contributed by atoms with E-state index in [0.29, 0.717) is 29.6 Å². The van der Waals surface area contributed by atoms with Gasteiger partial charge in [0.05, 0.1) is 5.60 Å². The van der Waals surface area contributed by atoms with Crippen LogP contribution >= 0.6 is 0 Å². The number of ether oxygens (including phenoxy) is 1. The topological polar surface area (TPSA) is 46.5 Å². The molecule has 1 N–H and O–H groups in total. The van der Waals surface area contributed by atoms with Gasteiger partial charge in [0.25, 0.3) is 0 Å². The normalized spacial score (nSPS) is 46.3. The lowest BCUT2D eigenvalue weighted by molar-refractivity contribution is -0.136. The molecule has 0 amide bonds. The number of benzene rings is 1. The number of hydrogen-bond donors (Lipinski definition) is 1. The van der Waals surface area contributed by atoms with E-state index in [4.69, 9.17) is 4.74 Å². The fourth-order valence-electron chi connectivity index (χ4n) is 10.3. The second kappa shape index (κ2) is 8.53. The van der Waals surface area contributed by atoms with Crippen LogP contribution in [0.5, 0.6) is 5.75 Å². The second-order valence-electron chi connectivity index (χ2n) is 13.2. The highest BCUT2D eigenvalue weighted by Crippen LogP contribution is 2.70. The maximum Gasteiger partial charge on any atom is 0.174 e. The van der Waals surface area contributed by atoms with Gasteiger partial charge in [-0.25, -0.2) is 8.78 Å². The molecule has 35 heavy (non-hydrogen) atoms. The smallest absolute Gasteiger partial charge is 0.174 e. The standard InChI is InChI=1S/C30H40F2O3/c1-29(34)12-10-19-17(15-29)6-8-23-20(19)11-13-30(2)27(23)21-4-3-5-22(21)28(30)25(33)16-35-26-9-7-18(31)14-24(26)32/h7,9,14,17,19-23,27-28,34H,3-6,8,10-13,15-16H2,1-2H3/t17?,19-,20+,21+,22-,23?,27?,28+,29+,30-/m0/s1. The second-order valence-corrected chi connectivity index (χ2v) is 13.2. The van der Waals surface area contributed by atoms with Gasteiger partial charge >= 0.3 is 0 Å². The van der Waals surface area contributed by atoms with Crippen molar-refractivity contribution in [3.05, 3.63) is 29.8 Å². The summed E-state index contributed by atoms with van der Waals surface area (Å²) in [5.74, 6) is 3.09. The van der Waals surface area contributed by atoms with Crippen molar-refractivity contribution in [2.45, 2.75) is 83.7 Å². The summed E-state index contributed by atoms with van der Waals surface area (Å²) in [6, 6.07) is 3.26. The summed E-state index contributed by atoms with van der Waals surface area (Å²) in [4.78, 5) is 13.7. The van der Waals surface area contributed by atoms with Gasteiger partial charge in [-0.2, -0.15) is 0 Å². The van der Waals surface area contributed by atoms with Gasteiger partial charge in [0.1, 0.15) is 12.4 Å². The zero-order valence-electron chi connectivity index (χ0n) is 21.1. The lowest BCUT2D eigenvalue weighted by Gasteiger charge is -2.57. The highest BCUT2D eigenvalue weighted by Gasteiger charge is 2.66. The zero-order chi connectivity index (χ0) is 24.5. The van der Waals surface area contributed by atoms with Crippen LogP contribution in [0.15, 0.2) is 18.2 Å². The lowest BCUT2D eigenvalue weighted by atomic mass is 9.48. The Morgan fingerprint density at radius 3 is 2.51 bits per heavy atom. The van der Waals surface area contributed by atoms with Crippen molar-refractivity contribution >= 4 is 5.78 Å². The van der Waals surface area contributed by atoms with E-state index in [1.807, 2.05) is 6.92 Å². The molecule has 5 saturated carbocycles. The van der Waals surface area contributed by atoms with E-state index in [0.717, 1.165) is 50.0 Å². The van der Waals surface area contributed by atoms with Crippen molar-refractivity contribution in [2.75, 3.05) is 6.61 Å². The van der Waals surface area contributed by atoms with Gasteiger partial charge < -0.3 is 9.84 Å². The van der Waals surface area contributed by atoms with Crippen molar-refractivity contribution in [2.24, 2.45) is 52.8 Å². The van der Waals surface area contributed by atoms with E-state index in [2.05, 4.69) is 6.92 Å². The number of Topliss-reactive ketones (excluding diaryl/α,β-unsaturated/α-hetero) is 1. The van der Waals surface area contributed by atoms with Gasteiger partial charge in [0, 0.05) is 12.0 Å². The molecule has 0 aliphatic heterocycles. The molecule has 5 aliphatic rings. The van der Waals surface area contributed by atoms with E-state index in [1.54, 1.807) is 0 Å². The number of fused-ring (bicyclic) bond motifs is 7. The molecule has 1 aromatic rings. The fraction of sp³-hybridized carbons (Fsp3) is 0.767. The summed E-state index contributed by atoms with van der Waals surface area (Å²) in [6.45, 7) is 4.26. The van der Waals surface area contributed by atoms with Gasteiger partial charge in [-0.05, 0) is 124 Å². The van der Waals surface area contributed by atoms with Gasteiger partial charge in [-0.15, -0.1) is 0 Å². The van der Waals surface area contributed by atoms with Crippen LogP contribution in [0.2, 0.25) is 0 Å². The lowest BCUT2D eigenvalue weighted by Crippen LogP contribution is -2.52. The molecule has 5 heteroatoms. The molecular weight excluding hydrogens is 446 g/mol. The highest BCUT2D eigenvalue weighted by molar-refractivity contribution is 5.84. The number of hydrogen-bond acceptors (Lipinski definition) is 3. The zero-order valence-corrected chi connectivity index (χ0v) is 21.1. The molecule has 6 rings (SSSR count). The molecule has 3 unspecified atom stereocenters. The first-order chi connectivity index (χ1) is 16.7. The number of carbonyl (C=O) groups is 1. The molecule has 0 aromatic heterocycles. The van der Waals surface area contributed by atoms with Gasteiger partial charge in [-0.3, -0.25) is 4.79 Å². The molecule has 5 fully saturated rings. The fourth-order valence-corrected chi connectivity index (χ4v) is 10.3. The SMILES string of the molecule is C[C@@]1(O)CC[C@H]2C(CCC3C4[C@@H]5CCC[C@@H]5[C@H](C(=O)COc5ccc(F)cc5F)[C@@]4(C)CC[C@@H]32)C1. The minimum Gasteiger partial charge on any atom is -0.483 e. The third kappa shape index (κ3) is 3.86. The van der Waals surface area contributed by atoms with E-state index in [9.17, 15) is 18.7 Å². The molecule has 10 atom stereocenters. The van der Waals surface area contributed by atoms with Crippen LogP contribution < -0.4 is 4.74 Å². The summed E-state index contributed by atoms with van der Waals surface area (Å²) >= 11 is 0. The predicted octanol–water partition coefficient (Wildman–Crippen LogP) is 6.57. The van der Waals surface area contributed by atoms with E-state index < -0.39 is 17.2 Å². The number of carbonyl (C=O) groups excluding carboxylic acids is 1. The van der Waals surface area contributed by atoms with Crippen molar-refractivity contribution in [3.63, 3.8) is 0 Å². The quantitative estimate of drug-likeness (QED) is 0.524. The highest BCUT2D eigenvalue weighted by atomic mass is 19.1. The van der Waals surface area contributed by atoms with Crippen LogP contribution in [-0.4, -0.2) is 23.1 Å². The average Bonchev–Trinajstić information content (AvgIpc) is 3.34. The molecule has 0 radical (unpaired) electrons. The monoisotopic (exact) mass is 486 g/mol. The summed E-state index contributed by atoms with van der Waals surface area (Å²) in [6.07, 6.45) is 11.3. The summed E-state index contributed by atoms with van der Waals surface area (Å²) < 4.78 is 33.0. The Morgan fingerprint density at radius 1 is 0.971 bits per heavy atom. The van der Waals surface area contributed by atoms with E-state index in [-0.39, 0.29) is 29.5 Å². The summed E-state index contributed by atoms with van der Waals surface area (Å²) in [5.41, 5.74) is -0.506. The first-order valence-corrected chi connectivity index (χ1v) is 14.0. The average molecular weight is 487 g/mol. The van der Waals surface area contributed by atoms with Crippen LogP contribution in [0.1, 0.15) is 78.1 Å². The van der Waals surface area contributed by atoms with Crippen molar-refractivity contribution in [1.82, 2.24) is 0 Å². The Labute approximate surface area is 208 Å². The maximum atomic E-state index is 14.1. The van der Waals surface area contributed by atoms with Crippen LogP contribution in [0.25, 0.3) is 0 Å². The molecule has 0 saturated heterocycles. The molecule has 3 nitrogen and oxygen atoms in total. The number of rotatable bonds is 4. The van der Waals surface area contributed by atoms with E-state index >= 15 is 0 Å². The molecular formula is C30H40F2O3. The first kappa shape index (κ1) is 23.9. The van der Waals surface area contributed by atoms with Gasteiger partial charge in [0.2, 0.25) is 0 Å². The Kier molecular flexibility index (Phi) is 5.82. The van der Waals surface area contributed by atoms with Crippen molar-refractivity contribution in [3.8, 4) is 5.75 Å². The van der Waals surface area contributed by atoms with Crippen molar-refractivity contribution < 1.29 is 23.4 Å². The minimum absolute atomic E-state index is 0.00823. The predicted molar refractivity (Wildman–Crippen MR) is 130 cm³/mol. The Balaban J connectivity index is 1.23. The summed E-state index contributed by atoms with van der Waals surface area (Å²) in [7, 11) is 0. The number of halogens is 2. The number of aliphatic hydroxyl groups is 1. The van der Waals surface area contributed by atoms with Crippen LogP contribution in [-0.2, 0) is 4.79 Å². The van der Waals surface area contributed by atoms with Crippen LogP contribution in [0.4, 0.5) is 8.78 Å². The van der Waals surface area contributed by atoms with Crippen molar-refractivity contribution in [1.29, 1.82) is 0 Å². The van der Waals surface area contributed by atoms with Crippen LogP contribution in [0, 0.1) is 64.4 Å². The summed E-state index contributed by atoms with van der Waals surface area (Å²) in [5, 5.41) is 10.7. The largest absolute Gasteiger partial charge is 0.483 e. The molecule has 0 bridgehead atoms. The molecule has 192 valence electrons. The first-order valence-electron chi connectivity index (χ1n) is 14.0. The Morgan fingerprint density at radius 2 is 1.71 bits per heavy atom. The maximum absolute atomic E-state index is 14.1. The molecule has 5 aliphatic carbocycles. The van der Waals surface area contributed by atoms with E-state index in [1.165, 1.54) is 44.2 Å². The Bertz CT molecular complexity index is 992. The minimum atomic E-state index is -0.754. The van der Waals surface area contributed by atoms with Crippen LogP contribution in [0.3, 0.4) is 0 Å². The third-order valence-electron chi connectivity index (χ3n) is 11.4. The van der Waals surface area contributed by atoms with Gasteiger partial charge in [0.15, 0.2) is 17.3 Å². The number of ketones is 1. The molecule has 0 heterocycles. The molecule has 1 aromatic carbocycles. The Hall–Kier alpha value is -1.49. The molecule has 0 spiro atoms. The third-order valence-corrected chi connectivity index (χ3v) is 11.4.